The van der Waals surface area contributed by atoms with Gasteiger partial charge in [0.15, 0.2) is 0 Å². The van der Waals surface area contributed by atoms with Gasteiger partial charge < -0.3 is 0 Å². The molecule has 0 aliphatic heterocycles. The monoisotopic (exact) mass is 541 g/mol. The Hall–Kier alpha value is -4.67. The summed E-state index contributed by atoms with van der Waals surface area (Å²) in [6, 6.07) is 37.2. The summed E-state index contributed by atoms with van der Waals surface area (Å²) in [5.74, 6) is 0.677. The summed E-state index contributed by atoms with van der Waals surface area (Å²) in [5.41, 5.74) is 12.5. The van der Waals surface area contributed by atoms with Crippen molar-refractivity contribution in [2.24, 2.45) is 5.92 Å². The van der Waals surface area contributed by atoms with E-state index in [0.29, 0.717) is 17.4 Å². The molecule has 0 saturated heterocycles. The van der Waals surface area contributed by atoms with Crippen LogP contribution in [0.5, 0.6) is 0 Å². The molecule has 0 spiro atoms. The zero-order chi connectivity index (χ0) is 28.9. The number of nitrogens with zero attached hydrogens (tertiary/aromatic N) is 1. The number of fused-ring (bicyclic) bond motifs is 3. The molecule has 42 heavy (non-hydrogen) atoms. The zero-order valence-electron chi connectivity index (χ0n) is 24.5. The summed E-state index contributed by atoms with van der Waals surface area (Å²) < 4.78 is 0. The highest BCUT2D eigenvalue weighted by Crippen LogP contribution is 2.62. The molecule has 4 atom stereocenters. The van der Waals surface area contributed by atoms with Crippen LogP contribution >= 0.6 is 0 Å². The van der Waals surface area contributed by atoms with Crippen LogP contribution in [0.3, 0.4) is 0 Å². The number of rotatable bonds is 4. The first-order chi connectivity index (χ1) is 20.5. The highest BCUT2D eigenvalue weighted by atomic mass is 14.6. The van der Waals surface area contributed by atoms with Gasteiger partial charge in [-0.2, -0.15) is 5.26 Å². The first kappa shape index (κ1) is 26.2. The smallest absolute Gasteiger partial charge is 0.0991 e. The maximum atomic E-state index is 9.23. The number of allylic oxidation sites excluding steroid dienone is 8. The Morgan fingerprint density at radius 2 is 1.50 bits per heavy atom. The van der Waals surface area contributed by atoms with Crippen LogP contribution in [-0.4, -0.2) is 0 Å². The molecule has 0 saturated carbocycles. The molecule has 1 heteroatoms. The molecule has 3 aliphatic rings. The maximum Gasteiger partial charge on any atom is 0.0991 e. The van der Waals surface area contributed by atoms with Gasteiger partial charge in [-0.1, -0.05) is 134 Å². The maximum absolute atomic E-state index is 9.23. The molecule has 0 N–H and O–H groups in total. The summed E-state index contributed by atoms with van der Waals surface area (Å²) in [4.78, 5) is 0. The Balaban J connectivity index is 1.36. The van der Waals surface area contributed by atoms with E-state index in [1.807, 2.05) is 24.3 Å². The van der Waals surface area contributed by atoms with Crippen molar-refractivity contribution in [3.8, 4) is 17.2 Å². The highest BCUT2D eigenvalue weighted by Gasteiger charge is 2.54. The molecule has 3 aliphatic carbocycles. The molecule has 4 aromatic rings. The molecule has 0 aromatic heterocycles. The Morgan fingerprint density at radius 3 is 2.26 bits per heavy atom. The van der Waals surface area contributed by atoms with Crippen molar-refractivity contribution in [3.63, 3.8) is 0 Å². The molecule has 4 aromatic carbocycles. The van der Waals surface area contributed by atoms with E-state index in [1.54, 1.807) is 0 Å². The third-order valence-corrected chi connectivity index (χ3v) is 9.95. The van der Waals surface area contributed by atoms with Gasteiger partial charge in [-0.25, -0.2) is 0 Å². The van der Waals surface area contributed by atoms with E-state index >= 15 is 0 Å². The van der Waals surface area contributed by atoms with Crippen LogP contribution in [0.2, 0.25) is 0 Å². The van der Waals surface area contributed by atoms with Crippen LogP contribution in [0.1, 0.15) is 59.6 Å². The van der Waals surface area contributed by atoms with Crippen LogP contribution < -0.4 is 0 Å². The SMILES string of the molecule is CC1=C(C2(c3ccccc3C)c3ccccc3C3C=CC=CC32)C=CC(C)(c2cccc(-c3ccc(C#N)cc3)c2)C1. The van der Waals surface area contributed by atoms with E-state index in [-0.39, 0.29) is 10.8 Å². The summed E-state index contributed by atoms with van der Waals surface area (Å²) in [5, 5.41) is 9.23. The number of nitriles is 1. The topological polar surface area (TPSA) is 23.8 Å². The third-order valence-electron chi connectivity index (χ3n) is 9.95. The van der Waals surface area contributed by atoms with Gasteiger partial charge in [0.05, 0.1) is 17.0 Å². The van der Waals surface area contributed by atoms with Gasteiger partial charge >= 0.3 is 0 Å². The predicted octanol–water partition coefficient (Wildman–Crippen LogP) is 9.89. The molecule has 204 valence electrons. The van der Waals surface area contributed by atoms with Crippen molar-refractivity contribution in [1.29, 1.82) is 5.26 Å². The second-order valence-corrected chi connectivity index (χ2v) is 12.4. The Kier molecular flexibility index (Phi) is 6.25. The quantitative estimate of drug-likeness (QED) is 0.252. The molecular weight excluding hydrogens is 506 g/mol. The van der Waals surface area contributed by atoms with Gasteiger partial charge in [-0.3, -0.25) is 0 Å². The molecule has 0 heterocycles. The Morgan fingerprint density at radius 1 is 0.762 bits per heavy atom. The fourth-order valence-electron chi connectivity index (χ4n) is 8.03. The third kappa shape index (κ3) is 3.90. The first-order valence-corrected chi connectivity index (χ1v) is 15.0. The van der Waals surface area contributed by atoms with E-state index in [0.717, 1.165) is 12.0 Å². The Bertz CT molecular complexity index is 1860. The normalized spacial score (nSPS) is 25.7. The van der Waals surface area contributed by atoms with E-state index in [2.05, 4.69) is 136 Å². The predicted molar refractivity (Wildman–Crippen MR) is 173 cm³/mol. The second kappa shape index (κ2) is 10.0. The molecule has 0 bridgehead atoms. The fourth-order valence-corrected chi connectivity index (χ4v) is 8.03. The lowest BCUT2D eigenvalue weighted by Gasteiger charge is -2.44. The fraction of sp³-hybridized carbons (Fsp3) is 0.195. The van der Waals surface area contributed by atoms with E-state index in [1.165, 1.54) is 44.5 Å². The summed E-state index contributed by atoms with van der Waals surface area (Å²) in [7, 11) is 0. The van der Waals surface area contributed by atoms with Gasteiger partial charge in [0.2, 0.25) is 0 Å². The average molecular weight is 542 g/mol. The number of aryl methyl sites for hydroxylation is 1. The standard InChI is InChI=1S/C41H35N/c1-28-11-4-7-16-36(28)41(38-17-8-5-14-34(38)35-15-6-9-18-39(35)41)37-23-24-40(3,26-29(37)2)33-13-10-12-32(25-33)31-21-19-30(27-42)20-22-31/h4-25,34,38H,26H2,1-3H3. The minimum absolute atomic E-state index is 0.122. The van der Waals surface area contributed by atoms with Crippen LogP contribution in [-0.2, 0) is 10.8 Å². The average Bonchev–Trinajstić information content (AvgIpc) is 3.32. The van der Waals surface area contributed by atoms with Crippen molar-refractivity contribution in [2.75, 3.05) is 0 Å². The van der Waals surface area contributed by atoms with Crippen molar-refractivity contribution in [1.82, 2.24) is 0 Å². The largest absolute Gasteiger partial charge is 0.192 e. The Labute approximate surface area is 249 Å². The van der Waals surface area contributed by atoms with Gasteiger partial charge in [-0.05, 0) is 76.9 Å². The van der Waals surface area contributed by atoms with Gasteiger partial charge in [0, 0.05) is 17.3 Å². The minimum atomic E-state index is -0.250. The van der Waals surface area contributed by atoms with Gasteiger partial charge in [-0.15, -0.1) is 0 Å². The molecule has 0 amide bonds. The van der Waals surface area contributed by atoms with Crippen LogP contribution in [0, 0.1) is 24.2 Å². The van der Waals surface area contributed by atoms with E-state index in [4.69, 9.17) is 0 Å². The van der Waals surface area contributed by atoms with Crippen molar-refractivity contribution < 1.29 is 0 Å². The number of hydrogen-bond acceptors (Lipinski definition) is 1. The molecule has 4 unspecified atom stereocenters. The number of benzene rings is 4. The van der Waals surface area contributed by atoms with Crippen LogP contribution in [0.15, 0.2) is 145 Å². The van der Waals surface area contributed by atoms with E-state index in [9.17, 15) is 5.26 Å². The second-order valence-electron chi connectivity index (χ2n) is 12.4. The van der Waals surface area contributed by atoms with Crippen molar-refractivity contribution >= 4 is 0 Å². The molecule has 7 rings (SSSR count). The number of hydrogen-bond donors (Lipinski definition) is 0. The summed E-state index contributed by atoms with van der Waals surface area (Å²) >= 11 is 0. The molecule has 0 radical (unpaired) electrons. The van der Waals surface area contributed by atoms with Crippen molar-refractivity contribution in [3.05, 3.63) is 178 Å². The first-order valence-electron chi connectivity index (χ1n) is 15.0. The molecule has 0 fully saturated rings. The van der Waals surface area contributed by atoms with E-state index < -0.39 is 0 Å². The van der Waals surface area contributed by atoms with Crippen LogP contribution in [0.25, 0.3) is 11.1 Å². The summed E-state index contributed by atoms with van der Waals surface area (Å²) in [6.45, 7) is 7.01. The lowest BCUT2D eigenvalue weighted by molar-refractivity contribution is 0.441. The highest BCUT2D eigenvalue weighted by molar-refractivity contribution is 5.68. The lowest BCUT2D eigenvalue weighted by Crippen LogP contribution is -2.38. The minimum Gasteiger partial charge on any atom is -0.192 e. The zero-order valence-corrected chi connectivity index (χ0v) is 24.5. The molecular formula is C41H35N. The summed E-state index contributed by atoms with van der Waals surface area (Å²) in [6.07, 6.45) is 15.2. The van der Waals surface area contributed by atoms with Gasteiger partial charge in [0.1, 0.15) is 0 Å². The lowest BCUT2D eigenvalue weighted by atomic mass is 9.58. The van der Waals surface area contributed by atoms with Crippen molar-refractivity contribution in [2.45, 2.75) is 43.9 Å². The van der Waals surface area contributed by atoms with Gasteiger partial charge in [0.25, 0.3) is 0 Å². The molecule has 1 nitrogen and oxygen atoms in total. The van der Waals surface area contributed by atoms with Crippen LogP contribution in [0.4, 0.5) is 0 Å².